The number of carbonyl (C=O) groups is 1. The van der Waals surface area contributed by atoms with Crippen LogP contribution in [0.25, 0.3) is 0 Å². The molecule has 0 unspecified atom stereocenters. The lowest BCUT2D eigenvalue weighted by Crippen LogP contribution is -2.37. The number of halogens is 4. The largest absolute Gasteiger partial charge is 0.456 e. The van der Waals surface area contributed by atoms with Crippen LogP contribution in [-0.2, 0) is 15.7 Å². The highest BCUT2D eigenvalue weighted by Gasteiger charge is 2.33. The number of hydrogen-bond acceptors (Lipinski definition) is 6. The highest BCUT2D eigenvalue weighted by atomic mass is 35.5. The second-order valence-corrected chi connectivity index (χ2v) is 6.69. The number of pyridine rings is 1. The Morgan fingerprint density at radius 3 is 2.52 bits per heavy atom. The maximum atomic E-state index is 13.1. The molecule has 0 aliphatic carbocycles. The van der Waals surface area contributed by atoms with Crippen LogP contribution < -0.4 is 4.90 Å². The van der Waals surface area contributed by atoms with Gasteiger partial charge in [-0.2, -0.15) is 13.2 Å². The molecule has 1 fully saturated rings. The molecule has 1 aliphatic heterocycles. The molecule has 0 amide bonds. The van der Waals surface area contributed by atoms with Crippen molar-refractivity contribution in [3.63, 3.8) is 0 Å². The molecule has 1 aromatic heterocycles. The number of rotatable bonds is 5. The van der Waals surface area contributed by atoms with Gasteiger partial charge in [-0.1, -0.05) is 11.6 Å². The molecule has 29 heavy (non-hydrogen) atoms. The average Bonchev–Trinajstić information content (AvgIpc) is 2.72. The summed E-state index contributed by atoms with van der Waals surface area (Å²) in [5.41, 5.74) is -0.674. The summed E-state index contributed by atoms with van der Waals surface area (Å²) in [5.74, 6) is -0.675. The van der Waals surface area contributed by atoms with Crippen LogP contribution in [0.4, 0.5) is 18.9 Å². The monoisotopic (exact) mass is 427 g/mol. The normalized spacial score (nSPS) is 14.6. The van der Waals surface area contributed by atoms with Crippen molar-refractivity contribution in [2.24, 2.45) is 0 Å². The molecule has 1 aromatic carbocycles. The van der Waals surface area contributed by atoms with Crippen LogP contribution in [0, 0.1) is 5.41 Å². The van der Waals surface area contributed by atoms with Gasteiger partial charge in [0.2, 0.25) is 0 Å². The van der Waals surface area contributed by atoms with Crippen LogP contribution in [0.1, 0.15) is 21.6 Å². The van der Waals surface area contributed by atoms with E-state index in [0.29, 0.717) is 37.5 Å². The molecule has 0 saturated carbocycles. The molecule has 0 atom stereocenters. The van der Waals surface area contributed by atoms with E-state index >= 15 is 0 Å². The number of esters is 1. The molecule has 154 valence electrons. The van der Waals surface area contributed by atoms with Gasteiger partial charge in [-0.3, -0.25) is 10.4 Å². The molecule has 3 rings (SSSR count). The Morgan fingerprint density at radius 2 is 1.90 bits per heavy atom. The van der Waals surface area contributed by atoms with Crippen molar-refractivity contribution in [1.82, 2.24) is 4.98 Å². The number of alkyl halides is 3. The fourth-order valence-corrected chi connectivity index (χ4v) is 2.89. The number of benzene rings is 1. The average molecular weight is 428 g/mol. The smallest absolute Gasteiger partial charge is 0.417 e. The van der Waals surface area contributed by atoms with Gasteiger partial charge in [-0.15, -0.1) is 0 Å². The minimum absolute atomic E-state index is 0.0313. The number of ether oxygens (including phenoxy) is 2. The summed E-state index contributed by atoms with van der Waals surface area (Å²) in [6, 6.07) is 6.96. The van der Waals surface area contributed by atoms with E-state index in [-0.39, 0.29) is 22.7 Å². The molecule has 0 bridgehead atoms. The third-order valence-corrected chi connectivity index (χ3v) is 4.51. The first-order valence-electron chi connectivity index (χ1n) is 8.66. The fraction of sp³-hybridized carbons (Fsp3) is 0.316. The second-order valence-electron chi connectivity index (χ2n) is 6.25. The molecule has 0 spiro atoms. The zero-order valence-electron chi connectivity index (χ0n) is 15.1. The lowest BCUT2D eigenvalue weighted by atomic mass is 10.1. The molecule has 2 heterocycles. The zero-order valence-corrected chi connectivity index (χ0v) is 15.9. The van der Waals surface area contributed by atoms with E-state index in [2.05, 4.69) is 4.98 Å². The second kappa shape index (κ2) is 8.79. The van der Waals surface area contributed by atoms with E-state index in [4.69, 9.17) is 26.5 Å². The van der Waals surface area contributed by atoms with Gasteiger partial charge in [-0.05, 0) is 30.3 Å². The summed E-state index contributed by atoms with van der Waals surface area (Å²) in [6.45, 7) is 1.02. The molecule has 0 radical (unpaired) electrons. The van der Waals surface area contributed by atoms with E-state index in [1.807, 2.05) is 0 Å². The van der Waals surface area contributed by atoms with E-state index < -0.39 is 24.3 Å². The number of carbonyl (C=O) groups excluding carboxylic acids is 1. The number of aromatic nitrogens is 1. The van der Waals surface area contributed by atoms with Crippen LogP contribution in [0.3, 0.4) is 0 Å². The fourth-order valence-electron chi connectivity index (χ4n) is 2.76. The number of nitrogens with zero attached hydrogens (tertiary/aromatic N) is 2. The van der Waals surface area contributed by atoms with Gasteiger partial charge in [-0.25, -0.2) is 4.79 Å². The van der Waals surface area contributed by atoms with E-state index in [1.165, 1.54) is 24.3 Å². The van der Waals surface area contributed by atoms with Crippen molar-refractivity contribution in [1.29, 1.82) is 5.41 Å². The SMILES string of the molecule is N=C(COC(=O)c1ccc(Cl)cc1)c1ncc(C(F)(F)F)cc1N1CCOCC1. The molecule has 1 aliphatic rings. The zero-order chi connectivity index (χ0) is 21.0. The van der Waals surface area contributed by atoms with Crippen molar-refractivity contribution in [3.8, 4) is 0 Å². The van der Waals surface area contributed by atoms with E-state index in [9.17, 15) is 18.0 Å². The summed E-state index contributed by atoms with van der Waals surface area (Å²) < 4.78 is 49.7. The Kier molecular flexibility index (Phi) is 6.39. The lowest BCUT2D eigenvalue weighted by molar-refractivity contribution is -0.137. The number of nitrogens with one attached hydrogen (secondary N) is 1. The first-order chi connectivity index (χ1) is 13.8. The van der Waals surface area contributed by atoms with Crippen LogP contribution in [0.5, 0.6) is 0 Å². The third kappa shape index (κ3) is 5.24. The number of morpholine rings is 1. The van der Waals surface area contributed by atoms with Gasteiger partial charge >= 0.3 is 12.1 Å². The molecular formula is C19H17ClF3N3O3. The summed E-state index contributed by atoms with van der Waals surface area (Å²) in [4.78, 5) is 17.6. The molecule has 6 nitrogen and oxygen atoms in total. The summed E-state index contributed by atoms with van der Waals surface area (Å²) in [5, 5.41) is 8.66. The highest BCUT2D eigenvalue weighted by Crippen LogP contribution is 2.33. The maximum Gasteiger partial charge on any atom is 0.417 e. The van der Waals surface area contributed by atoms with Crippen molar-refractivity contribution in [2.75, 3.05) is 37.8 Å². The summed E-state index contributed by atoms with van der Waals surface area (Å²) >= 11 is 5.77. The van der Waals surface area contributed by atoms with Gasteiger partial charge in [0.05, 0.1) is 35.7 Å². The highest BCUT2D eigenvalue weighted by molar-refractivity contribution is 6.30. The lowest BCUT2D eigenvalue weighted by Gasteiger charge is -2.30. The Morgan fingerprint density at radius 1 is 1.24 bits per heavy atom. The predicted octanol–water partition coefficient (Wildman–Crippen LogP) is 3.82. The third-order valence-electron chi connectivity index (χ3n) is 4.26. The van der Waals surface area contributed by atoms with Crippen LogP contribution >= 0.6 is 11.6 Å². The van der Waals surface area contributed by atoms with Crippen LogP contribution in [-0.4, -0.2) is 49.6 Å². The molecule has 10 heteroatoms. The number of anilines is 1. The van der Waals surface area contributed by atoms with Crippen molar-refractivity contribution < 1.29 is 27.4 Å². The Balaban J connectivity index is 1.79. The van der Waals surface area contributed by atoms with E-state index in [0.717, 1.165) is 6.07 Å². The van der Waals surface area contributed by atoms with Gasteiger partial charge in [0, 0.05) is 24.3 Å². The summed E-state index contributed by atoms with van der Waals surface area (Å²) in [7, 11) is 0. The van der Waals surface area contributed by atoms with Crippen molar-refractivity contribution >= 4 is 29.0 Å². The minimum atomic E-state index is -4.56. The minimum Gasteiger partial charge on any atom is -0.456 e. The topological polar surface area (TPSA) is 75.5 Å². The van der Waals surface area contributed by atoms with Gasteiger partial charge in [0.25, 0.3) is 0 Å². The molecule has 1 N–H and O–H groups in total. The van der Waals surface area contributed by atoms with Crippen LogP contribution in [0.15, 0.2) is 36.5 Å². The Labute approximate surface area is 169 Å². The van der Waals surface area contributed by atoms with Crippen molar-refractivity contribution in [3.05, 3.63) is 58.4 Å². The summed E-state index contributed by atoms with van der Waals surface area (Å²) in [6.07, 6.45) is -3.88. The maximum absolute atomic E-state index is 13.1. The first-order valence-corrected chi connectivity index (χ1v) is 9.04. The molecule has 1 saturated heterocycles. The Hall–Kier alpha value is -2.65. The standard InChI is InChI=1S/C19H17ClF3N3O3/c20-14-3-1-12(2-4-14)18(27)29-11-15(24)17-16(26-5-7-28-8-6-26)9-13(10-25-17)19(21,22)23/h1-4,9-10,24H,5-8,11H2. The van der Waals surface area contributed by atoms with Gasteiger partial charge in [0.15, 0.2) is 0 Å². The molecular weight excluding hydrogens is 411 g/mol. The Bertz CT molecular complexity index is 898. The predicted molar refractivity (Wildman–Crippen MR) is 101 cm³/mol. The molecule has 2 aromatic rings. The van der Waals surface area contributed by atoms with Gasteiger partial charge < -0.3 is 14.4 Å². The van der Waals surface area contributed by atoms with Gasteiger partial charge in [0.1, 0.15) is 12.3 Å². The first kappa shape index (κ1) is 21.1. The quantitative estimate of drug-likeness (QED) is 0.580. The van der Waals surface area contributed by atoms with E-state index in [1.54, 1.807) is 4.90 Å². The van der Waals surface area contributed by atoms with Crippen molar-refractivity contribution in [2.45, 2.75) is 6.18 Å². The van der Waals surface area contributed by atoms with Crippen LogP contribution in [0.2, 0.25) is 5.02 Å². The number of hydrogen-bond donors (Lipinski definition) is 1.